The number of nitrogens with zero attached hydrogens (tertiary/aromatic N) is 4. The standard InChI is InChI=1S/C71H68N4O/c1-46-38-65(72-44-59(46)58-29-21-30-60-66(58)71(10,11)37-36-70(60,8)9)75-61-31-16-15-26-56(61)57-35-34-53(43-64(57)75)76-52-25-19-24-51(42-52)73-45-74(63-33-18-17-32-62(63)73)67-54(47-22-13-12-14-23-47)27-20-28-55(67)48-39-49(68(2,3)4)41-50(40-48)69(5,6)7/h12-35,38-44H,36-37H2,1-11H3/q+2/i1D3,12D,13D,14D,15D,16D,22D,23D,26D,31D. The second-order valence-corrected chi connectivity index (χ2v) is 23.7. The molecule has 0 saturated carbocycles. The first-order chi connectivity index (χ1) is 41.3. The average Bonchev–Trinajstić information content (AvgIpc) is 1.29. The highest BCUT2D eigenvalue weighted by Gasteiger charge is 2.41. The van der Waals surface area contributed by atoms with Crippen LogP contribution < -0.4 is 13.9 Å². The fraction of sp³-hybridized carbons (Fsp3) is 0.239. The highest BCUT2D eigenvalue weighted by atomic mass is 16.5. The van der Waals surface area contributed by atoms with Gasteiger partial charge in [0.05, 0.1) is 40.6 Å². The van der Waals surface area contributed by atoms with Gasteiger partial charge in [-0.2, -0.15) is 0 Å². The lowest BCUT2D eigenvalue weighted by atomic mass is 9.61. The number of para-hydroxylation sites is 4. The molecule has 0 amide bonds. The maximum Gasteiger partial charge on any atom is 0.503 e. The molecule has 0 saturated heterocycles. The number of aryl methyl sites for hydroxylation is 1. The Labute approximate surface area is 466 Å². The van der Waals surface area contributed by atoms with Crippen molar-refractivity contribution in [2.75, 3.05) is 0 Å². The van der Waals surface area contributed by atoms with Gasteiger partial charge < -0.3 is 4.74 Å². The maximum absolute atomic E-state index is 9.33. The van der Waals surface area contributed by atoms with E-state index in [9.17, 15) is 5.48 Å². The molecule has 0 N–H and O–H groups in total. The molecule has 5 heteroatoms. The highest BCUT2D eigenvalue weighted by molar-refractivity contribution is 6.09. The Hall–Kier alpha value is -8.11. The molecule has 0 bridgehead atoms. The predicted molar refractivity (Wildman–Crippen MR) is 320 cm³/mol. The van der Waals surface area contributed by atoms with Gasteiger partial charge in [0, 0.05) is 50.9 Å². The van der Waals surface area contributed by atoms with Crippen LogP contribution in [0.2, 0.25) is 0 Å². The third kappa shape index (κ3) is 8.48. The van der Waals surface area contributed by atoms with Crippen molar-refractivity contribution in [1.29, 1.82) is 0 Å². The Morgan fingerprint density at radius 3 is 1.96 bits per heavy atom. The van der Waals surface area contributed by atoms with Crippen LogP contribution in [-0.2, 0) is 21.7 Å². The molecule has 376 valence electrons. The topological polar surface area (TPSA) is 33.1 Å². The minimum absolute atomic E-state index is 0.0532. The molecule has 12 rings (SSSR count). The first kappa shape index (κ1) is 36.8. The molecule has 3 heterocycles. The van der Waals surface area contributed by atoms with Crippen molar-refractivity contribution in [2.24, 2.45) is 0 Å². The van der Waals surface area contributed by atoms with E-state index in [-0.39, 0.29) is 73.7 Å². The first-order valence-electron chi connectivity index (χ1n) is 32.1. The monoisotopic (exact) mass is 1000 g/mol. The number of pyridine rings is 1. The van der Waals surface area contributed by atoms with Crippen LogP contribution in [0, 0.1) is 6.85 Å². The van der Waals surface area contributed by atoms with Gasteiger partial charge in [-0.3, -0.25) is 4.57 Å². The molecule has 8 aromatic carbocycles. The van der Waals surface area contributed by atoms with E-state index in [2.05, 4.69) is 99.5 Å². The molecule has 2 aromatic heterocycles. The molecule has 76 heavy (non-hydrogen) atoms. The van der Waals surface area contributed by atoms with Crippen LogP contribution in [0.25, 0.3) is 61.0 Å². The van der Waals surface area contributed by atoms with Gasteiger partial charge in [0.15, 0.2) is 0 Å². The normalized spacial score (nSPS) is 17.2. The Balaban J connectivity index is 1.03. The predicted octanol–water partition coefficient (Wildman–Crippen LogP) is 19.1. The molecule has 0 unspecified atom stereocenters. The lowest BCUT2D eigenvalue weighted by Crippen LogP contribution is -2.34. The smallest absolute Gasteiger partial charge is 0.457 e. The van der Waals surface area contributed by atoms with Crippen LogP contribution in [0.1, 0.15) is 126 Å². The summed E-state index contributed by atoms with van der Waals surface area (Å²) in [7, 11) is 0. The van der Waals surface area contributed by atoms with Crippen LogP contribution in [0.5, 0.6) is 11.5 Å². The number of ether oxygens (including phenoxy) is 1. The minimum atomic E-state index is -2.62. The summed E-state index contributed by atoms with van der Waals surface area (Å²) in [6, 6.07) is 40.5. The Morgan fingerprint density at radius 1 is 0.579 bits per heavy atom. The molecule has 0 fully saturated rings. The molecule has 2 aliphatic rings. The molecule has 5 nitrogen and oxygen atoms in total. The molecule has 0 radical (unpaired) electrons. The quantitative estimate of drug-likeness (QED) is 0.142. The number of fused-ring (bicyclic) bond motifs is 5. The summed E-state index contributed by atoms with van der Waals surface area (Å²) >= 11 is 0. The Morgan fingerprint density at radius 2 is 1.22 bits per heavy atom. The summed E-state index contributed by atoms with van der Waals surface area (Å²) in [4.78, 5) is 5.00. The zero-order valence-corrected chi connectivity index (χ0v) is 44.8. The fourth-order valence-corrected chi connectivity index (χ4v) is 11.2. The van der Waals surface area contributed by atoms with Gasteiger partial charge in [-0.1, -0.05) is 178 Å². The number of hydrogen-bond donors (Lipinski definition) is 0. The van der Waals surface area contributed by atoms with Crippen molar-refractivity contribution in [2.45, 2.75) is 111 Å². The van der Waals surface area contributed by atoms with Crippen molar-refractivity contribution >= 4 is 50.6 Å². The van der Waals surface area contributed by atoms with E-state index in [1.54, 1.807) is 41.1 Å². The van der Waals surface area contributed by atoms with Crippen molar-refractivity contribution in [3.63, 3.8) is 0 Å². The first-order valence-corrected chi connectivity index (χ1v) is 26.1. The fourth-order valence-electron chi connectivity index (χ4n) is 11.2. The summed E-state index contributed by atoms with van der Waals surface area (Å²) < 4.78 is 120. The second kappa shape index (κ2) is 18.0. The summed E-state index contributed by atoms with van der Waals surface area (Å²) in [5.74, 6) is 0.914. The number of aromatic nitrogens is 2. The van der Waals surface area contributed by atoms with Crippen molar-refractivity contribution in [3.8, 4) is 50.7 Å². The number of benzene rings is 8. The van der Waals surface area contributed by atoms with E-state index >= 15 is 0 Å². The molecular weight excluding hydrogens is 925 g/mol. The number of rotatable bonds is 8. The van der Waals surface area contributed by atoms with E-state index in [1.165, 1.54) is 11.6 Å². The van der Waals surface area contributed by atoms with E-state index in [0.717, 1.165) is 51.9 Å². The zero-order valence-electron chi connectivity index (χ0n) is 56.8. The van der Waals surface area contributed by atoms with Gasteiger partial charge in [-0.15, -0.1) is 0 Å². The molecule has 0 atom stereocenters. The molecule has 0 spiro atoms. The van der Waals surface area contributed by atoms with Crippen molar-refractivity contribution < 1.29 is 21.2 Å². The van der Waals surface area contributed by atoms with E-state index in [0.29, 0.717) is 50.6 Å². The minimum Gasteiger partial charge on any atom is -0.457 e. The Kier molecular flexibility index (Phi) is 8.73. The van der Waals surface area contributed by atoms with Crippen molar-refractivity contribution in [3.05, 3.63) is 216 Å². The summed E-state index contributed by atoms with van der Waals surface area (Å²) in [6.07, 6.45) is 3.47. The SMILES string of the molecule is [2H]c1c([2H])c([2H])c(-c2cccc(-c3cc(C(C)(C)C)cc(C(C)(C)C)c3)c2[N+]2=C=[N+](c3cccc(Oc4ccc5c6c([2H])c([2H])c([2H])c([2H])c6n(-c6cc(C([2H])([2H])[2H])c(-c7cccc8c7C(C)(C)CCC8(C)C)cn6)c5c4)c3)c3ccccc32)c([2H])c1[2H]. The van der Waals surface area contributed by atoms with Crippen LogP contribution >= 0.6 is 0 Å². The van der Waals surface area contributed by atoms with Gasteiger partial charge in [0.2, 0.25) is 11.4 Å². The second-order valence-electron chi connectivity index (χ2n) is 23.7. The molecular formula is C71H68N4O+2. The average molecular weight is 1010 g/mol. The highest BCUT2D eigenvalue weighted by Crippen LogP contribution is 2.51. The summed E-state index contributed by atoms with van der Waals surface area (Å²) in [5.41, 5.74) is 10.2. The van der Waals surface area contributed by atoms with Crippen molar-refractivity contribution in [1.82, 2.24) is 18.7 Å². The van der Waals surface area contributed by atoms with Crippen LogP contribution in [0.15, 0.2) is 188 Å². The van der Waals surface area contributed by atoms with E-state index in [4.69, 9.17) is 20.7 Å². The number of hydrogen-bond acceptors (Lipinski definition) is 2. The molecule has 10 aromatic rings. The third-order valence-corrected chi connectivity index (χ3v) is 15.5. The summed E-state index contributed by atoms with van der Waals surface area (Å²) in [5, 5.41) is 0.722. The summed E-state index contributed by atoms with van der Waals surface area (Å²) in [6.45, 7) is 19.3. The van der Waals surface area contributed by atoms with E-state index < -0.39 is 37.1 Å². The van der Waals surface area contributed by atoms with Crippen LogP contribution in [0.3, 0.4) is 0 Å². The van der Waals surface area contributed by atoms with Crippen LogP contribution in [0.4, 0.5) is 22.7 Å². The van der Waals surface area contributed by atoms with Gasteiger partial charge in [0.25, 0.3) is 11.4 Å². The maximum atomic E-state index is 9.33. The third-order valence-electron chi connectivity index (χ3n) is 15.5. The molecule has 1 aliphatic heterocycles. The lowest BCUT2D eigenvalue weighted by molar-refractivity contribution is 0.333. The zero-order chi connectivity index (χ0) is 63.2. The van der Waals surface area contributed by atoms with E-state index in [1.807, 2.05) is 75.9 Å². The largest absolute Gasteiger partial charge is 0.503 e. The van der Waals surface area contributed by atoms with Gasteiger partial charge in [0.1, 0.15) is 17.3 Å². The lowest BCUT2D eigenvalue weighted by Gasteiger charge is -2.43. The van der Waals surface area contributed by atoms with Gasteiger partial charge in [-0.05, 0) is 137 Å². The van der Waals surface area contributed by atoms with Gasteiger partial charge in [-0.25, -0.2) is 4.98 Å². The van der Waals surface area contributed by atoms with Gasteiger partial charge >= 0.3 is 6.01 Å². The van der Waals surface area contributed by atoms with Crippen LogP contribution in [-0.4, -0.2) is 15.6 Å². The Bertz CT molecular complexity index is 4640. The molecule has 1 aliphatic carbocycles.